The molecule has 2 aromatic carbocycles. The van der Waals surface area contributed by atoms with E-state index in [1.165, 1.54) is 24.4 Å². The molecule has 0 aromatic heterocycles. The maximum Gasteiger partial charge on any atom is 0.258 e. The Morgan fingerprint density at radius 3 is 2.66 bits per heavy atom. The summed E-state index contributed by atoms with van der Waals surface area (Å²) in [7, 11) is 0. The maximum atomic E-state index is 13.7. The number of nitrogens with two attached hydrogens (primary N) is 1. The summed E-state index contributed by atoms with van der Waals surface area (Å²) in [5.41, 5.74) is 9.88. The summed E-state index contributed by atoms with van der Waals surface area (Å²) in [4.78, 5) is 12.2. The highest BCUT2D eigenvalue weighted by molar-refractivity contribution is 5.95. The first-order chi connectivity index (χ1) is 13.7. The lowest BCUT2D eigenvalue weighted by atomic mass is 9.94. The molecule has 150 valence electrons. The molecule has 0 saturated carbocycles. The number of aryl methyl sites for hydroxylation is 1. The minimum absolute atomic E-state index is 0.0336. The van der Waals surface area contributed by atoms with Gasteiger partial charge in [-0.05, 0) is 73.4 Å². The van der Waals surface area contributed by atoms with Crippen molar-refractivity contribution >= 4 is 11.5 Å². The maximum absolute atomic E-state index is 13.7. The Kier molecular flexibility index (Phi) is 5.59. The second-order valence-corrected chi connectivity index (χ2v) is 7.73. The Bertz CT molecular complexity index is 1040. The zero-order chi connectivity index (χ0) is 21.2. The van der Waals surface area contributed by atoms with Crippen molar-refractivity contribution in [2.45, 2.75) is 32.8 Å². The number of allylic oxidation sites excluding steroid dienone is 3. The number of fused-ring (bicyclic) bond motifs is 1. The van der Waals surface area contributed by atoms with Gasteiger partial charge in [0, 0.05) is 18.3 Å². The SMILES string of the molecule is C=C(/C=C\C(=C/N)c1cc2c(cc1C)OC(C)(C)C2)NC(=O)c1ccccc1F. The molecule has 3 N–H and O–H groups in total. The van der Waals surface area contributed by atoms with Crippen LogP contribution >= 0.6 is 0 Å². The third-order valence-electron chi connectivity index (χ3n) is 4.76. The summed E-state index contributed by atoms with van der Waals surface area (Å²) in [5.74, 6) is -0.231. The van der Waals surface area contributed by atoms with Crippen LogP contribution in [-0.2, 0) is 6.42 Å². The van der Waals surface area contributed by atoms with Gasteiger partial charge in [-0.3, -0.25) is 4.79 Å². The molecular weight excluding hydrogens is 367 g/mol. The number of halogens is 1. The van der Waals surface area contributed by atoms with Crippen LogP contribution in [0, 0.1) is 12.7 Å². The van der Waals surface area contributed by atoms with Crippen LogP contribution < -0.4 is 15.8 Å². The molecule has 1 heterocycles. The van der Waals surface area contributed by atoms with Crippen molar-refractivity contribution in [3.05, 3.63) is 95.1 Å². The zero-order valence-corrected chi connectivity index (χ0v) is 16.9. The van der Waals surface area contributed by atoms with Crippen molar-refractivity contribution in [1.29, 1.82) is 0 Å². The molecule has 0 unspecified atom stereocenters. The average molecular weight is 392 g/mol. The number of carbonyl (C=O) groups is 1. The van der Waals surface area contributed by atoms with E-state index in [1.54, 1.807) is 18.2 Å². The van der Waals surface area contributed by atoms with Crippen molar-refractivity contribution in [3.8, 4) is 5.75 Å². The minimum Gasteiger partial charge on any atom is -0.487 e. The molecule has 0 fully saturated rings. The first-order valence-electron chi connectivity index (χ1n) is 9.38. The van der Waals surface area contributed by atoms with Crippen LogP contribution in [0.5, 0.6) is 5.75 Å². The fourth-order valence-corrected chi connectivity index (χ4v) is 3.39. The van der Waals surface area contributed by atoms with Crippen LogP contribution in [0.2, 0.25) is 0 Å². The van der Waals surface area contributed by atoms with Gasteiger partial charge in [-0.25, -0.2) is 4.39 Å². The largest absolute Gasteiger partial charge is 0.487 e. The molecule has 0 radical (unpaired) electrons. The van der Waals surface area contributed by atoms with E-state index in [-0.39, 0.29) is 11.2 Å². The summed E-state index contributed by atoms with van der Waals surface area (Å²) >= 11 is 0. The molecule has 1 amide bonds. The van der Waals surface area contributed by atoms with Gasteiger partial charge >= 0.3 is 0 Å². The third kappa shape index (κ3) is 4.57. The molecule has 3 rings (SSSR count). The highest BCUT2D eigenvalue weighted by Gasteiger charge is 2.30. The highest BCUT2D eigenvalue weighted by Crippen LogP contribution is 2.38. The molecule has 29 heavy (non-hydrogen) atoms. The van der Waals surface area contributed by atoms with Gasteiger partial charge in [-0.15, -0.1) is 0 Å². The van der Waals surface area contributed by atoms with Gasteiger partial charge in [0.25, 0.3) is 5.91 Å². The van der Waals surface area contributed by atoms with E-state index < -0.39 is 11.7 Å². The first-order valence-corrected chi connectivity index (χ1v) is 9.38. The third-order valence-corrected chi connectivity index (χ3v) is 4.76. The first kappa shape index (κ1) is 20.4. The van der Waals surface area contributed by atoms with Gasteiger partial charge in [-0.1, -0.05) is 24.8 Å². The summed E-state index contributed by atoms with van der Waals surface area (Å²) in [6, 6.07) is 9.90. The molecule has 4 nitrogen and oxygen atoms in total. The molecule has 1 aliphatic heterocycles. The van der Waals surface area contributed by atoms with Gasteiger partial charge in [0.05, 0.1) is 5.56 Å². The predicted octanol–water partition coefficient (Wildman–Crippen LogP) is 4.65. The fourth-order valence-electron chi connectivity index (χ4n) is 3.39. The lowest BCUT2D eigenvalue weighted by Crippen LogP contribution is -2.24. The van der Waals surface area contributed by atoms with E-state index in [0.717, 1.165) is 34.4 Å². The normalized spacial score (nSPS) is 15.1. The summed E-state index contributed by atoms with van der Waals surface area (Å²) in [6.07, 6.45) is 5.75. The van der Waals surface area contributed by atoms with Crippen molar-refractivity contribution in [1.82, 2.24) is 5.32 Å². The monoisotopic (exact) mass is 392 g/mol. The molecule has 0 aliphatic carbocycles. The Labute approximate surface area is 170 Å². The molecule has 0 bridgehead atoms. The second-order valence-electron chi connectivity index (χ2n) is 7.73. The van der Waals surface area contributed by atoms with E-state index in [2.05, 4.69) is 31.8 Å². The Hall–Kier alpha value is -3.34. The van der Waals surface area contributed by atoms with Crippen molar-refractivity contribution in [3.63, 3.8) is 0 Å². The molecule has 0 spiro atoms. The summed E-state index contributed by atoms with van der Waals surface area (Å²) in [6.45, 7) is 9.93. The van der Waals surface area contributed by atoms with Crippen molar-refractivity contribution in [2.75, 3.05) is 0 Å². The smallest absolute Gasteiger partial charge is 0.258 e. The predicted molar refractivity (Wildman–Crippen MR) is 114 cm³/mol. The van der Waals surface area contributed by atoms with E-state index in [1.807, 2.05) is 13.0 Å². The lowest BCUT2D eigenvalue weighted by Gasteiger charge is -2.16. The van der Waals surface area contributed by atoms with Crippen LogP contribution in [0.3, 0.4) is 0 Å². The van der Waals surface area contributed by atoms with Crippen LogP contribution in [0.1, 0.15) is 40.9 Å². The van der Waals surface area contributed by atoms with Gasteiger partial charge in [-0.2, -0.15) is 0 Å². The Morgan fingerprint density at radius 2 is 1.97 bits per heavy atom. The van der Waals surface area contributed by atoms with Crippen LogP contribution in [0.4, 0.5) is 4.39 Å². The van der Waals surface area contributed by atoms with Gasteiger partial charge in [0.1, 0.15) is 17.2 Å². The van der Waals surface area contributed by atoms with E-state index in [0.29, 0.717) is 5.70 Å². The quantitative estimate of drug-likeness (QED) is 0.728. The number of hydrogen-bond acceptors (Lipinski definition) is 3. The number of carbonyl (C=O) groups excluding carboxylic acids is 1. The molecule has 5 heteroatoms. The van der Waals surface area contributed by atoms with Gasteiger partial charge in [0.2, 0.25) is 0 Å². The number of rotatable bonds is 5. The van der Waals surface area contributed by atoms with E-state index >= 15 is 0 Å². The minimum atomic E-state index is -0.580. The van der Waals surface area contributed by atoms with Crippen molar-refractivity contribution < 1.29 is 13.9 Å². The topological polar surface area (TPSA) is 64.3 Å². The van der Waals surface area contributed by atoms with Gasteiger partial charge < -0.3 is 15.8 Å². The zero-order valence-electron chi connectivity index (χ0n) is 16.9. The summed E-state index contributed by atoms with van der Waals surface area (Å²) in [5, 5.41) is 2.59. The molecule has 0 atom stereocenters. The molecule has 2 aromatic rings. The standard InChI is InChI=1S/C24H25FN2O2/c1-15-11-22-18(13-24(3,4)29-22)12-20(15)17(14-26)10-9-16(2)27-23(28)19-7-5-6-8-21(19)25/h5-12,14H,2,13,26H2,1,3-4H3,(H,27,28)/b10-9-,17-14+. The number of ether oxygens (including phenoxy) is 1. The number of amides is 1. The Balaban J connectivity index is 1.75. The fraction of sp³-hybridized carbons (Fsp3) is 0.208. The Morgan fingerprint density at radius 1 is 1.24 bits per heavy atom. The number of hydrogen-bond donors (Lipinski definition) is 2. The van der Waals surface area contributed by atoms with Crippen molar-refractivity contribution in [2.24, 2.45) is 5.73 Å². The van der Waals surface area contributed by atoms with Crippen LogP contribution in [-0.4, -0.2) is 11.5 Å². The molecule has 1 aliphatic rings. The highest BCUT2D eigenvalue weighted by atomic mass is 19.1. The van der Waals surface area contributed by atoms with E-state index in [4.69, 9.17) is 10.5 Å². The van der Waals surface area contributed by atoms with Gasteiger partial charge in [0.15, 0.2) is 0 Å². The second kappa shape index (κ2) is 7.95. The number of nitrogens with one attached hydrogen (secondary N) is 1. The van der Waals surface area contributed by atoms with Crippen LogP contribution in [0.25, 0.3) is 5.57 Å². The molecular formula is C24H25FN2O2. The average Bonchev–Trinajstić information content (AvgIpc) is 2.95. The summed E-state index contributed by atoms with van der Waals surface area (Å²) < 4.78 is 19.7. The van der Waals surface area contributed by atoms with E-state index in [9.17, 15) is 9.18 Å². The molecule has 0 saturated heterocycles. The lowest BCUT2D eigenvalue weighted by molar-refractivity contribution is 0.0963. The number of benzene rings is 2. The van der Waals surface area contributed by atoms with Crippen LogP contribution in [0.15, 0.2) is 67.0 Å².